The molecule has 0 fully saturated rings. The van der Waals surface area contributed by atoms with Gasteiger partial charge in [-0.2, -0.15) is 4.98 Å². The van der Waals surface area contributed by atoms with Gasteiger partial charge < -0.3 is 5.11 Å². The normalized spacial score (nSPS) is 13.7. The number of aliphatic hydroxyl groups is 1. The van der Waals surface area contributed by atoms with Crippen molar-refractivity contribution in [3.05, 3.63) is 58.2 Å². The van der Waals surface area contributed by atoms with Gasteiger partial charge >= 0.3 is 5.69 Å². The molecule has 0 unspecified atom stereocenters. The van der Waals surface area contributed by atoms with Crippen molar-refractivity contribution >= 4 is 44.5 Å². The van der Waals surface area contributed by atoms with E-state index in [0.717, 1.165) is 16.5 Å². The third-order valence-electron chi connectivity index (χ3n) is 3.25. The summed E-state index contributed by atoms with van der Waals surface area (Å²) in [7, 11) is 0. The molecule has 0 spiro atoms. The van der Waals surface area contributed by atoms with Crippen molar-refractivity contribution in [2.24, 2.45) is 0 Å². The Labute approximate surface area is 129 Å². The fraction of sp³-hybridized carbons (Fsp3) is 0.0625. The maximum absolute atomic E-state index is 12.5. The second-order valence-corrected chi connectivity index (χ2v) is 5.54. The predicted molar refractivity (Wildman–Crippen MR) is 90.8 cm³/mol. The summed E-state index contributed by atoms with van der Waals surface area (Å²) < 4.78 is 2.03. The minimum atomic E-state index is -0.419. The number of rotatable bonds is 3. The average Bonchev–Trinajstić information content (AvgIpc) is 2.89. The molecule has 0 radical (unpaired) electrons. The molecule has 3 aromatic rings. The van der Waals surface area contributed by atoms with Crippen molar-refractivity contribution in [2.45, 2.75) is 6.92 Å². The molecule has 0 atom stereocenters. The third kappa shape index (κ3) is 2.05. The van der Waals surface area contributed by atoms with E-state index in [1.54, 1.807) is 24.4 Å². The summed E-state index contributed by atoms with van der Waals surface area (Å²) in [5.74, 6) is 0. The standard InChI is InChI=1S/C16H13N3O2S/c1-3-5-6-10(4-2)19-11-7-8-17-15-13(11)14(18-16(19)21)12(9-20)22-15/h3-9,20H,2H2,1H3/b5-3-,10-6+,12-9?. The van der Waals surface area contributed by atoms with Crippen LogP contribution in [-0.2, 0) is 0 Å². The lowest BCUT2D eigenvalue weighted by Crippen LogP contribution is -2.23. The molecule has 6 heteroatoms. The molecule has 0 aliphatic carbocycles. The molecule has 3 heterocycles. The Hall–Kier alpha value is -2.73. The molecule has 0 amide bonds. The predicted octanol–water partition coefficient (Wildman–Crippen LogP) is 2.62. The van der Waals surface area contributed by atoms with E-state index in [4.69, 9.17) is 0 Å². The van der Waals surface area contributed by atoms with Gasteiger partial charge in [0.2, 0.25) is 0 Å². The van der Waals surface area contributed by atoms with Crippen LogP contribution in [0, 0.1) is 0 Å². The number of hydrogen-bond acceptors (Lipinski definition) is 5. The molecule has 22 heavy (non-hydrogen) atoms. The summed E-state index contributed by atoms with van der Waals surface area (Å²) >= 11 is 1.30. The van der Waals surface area contributed by atoms with Crippen molar-refractivity contribution in [3.8, 4) is 0 Å². The van der Waals surface area contributed by atoms with E-state index in [2.05, 4.69) is 16.5 Å². The maximum atomic E-state index is 12.5. The Balaban J connectivity index is 2.53. The first-order valence-corrected chi connectivity index (χ1v) is 7.43. The summed E-state index contributed by atoms with van der Waals surface area (Å²) in [6.45, 7) is 5.66. The first kappa shape index (κ1) is 14.2. The van der Waals surface area contributed by atoms with Crippen LogP contribution in [0.4, 0.5) is 0 Å². The van der Waals surface area contributed by atoms with E-state index in [0.29, 0.717) is 21.3 Å². The van der Waals surface area contributed by atoms with Crippen molar-refractivity contribution in [3.63, 3.8) is 0 Å². The van der Waals surface area contributed by atoms with E-state index >= 15 is 0 Å². The topological polar surface area (TPSA) is 68.0 Å². The van der Waals surface area contributed by atoms with Gasteiger partial charge in [0.25, 0.3) is 0 Å². The van der Waals surface area contributed by atoms with Gasteiger partial charge in [0.15, 0.2) is 0 Å². The first-order chi connectivity index (χ1) is 10.7. The SMILES string of the molecule is C=C/C(=C\C=C/C)n1c(=O)nc2c(=CO)sc3nccc1c32. The highest BCUT2D eigenvalue weighted by atomic mass is 32.1. The van der Waals surface area contributed by atoms with Gasteiger partial charge in [0.1, 0.15) is 10.3 Å². The minimum Gasteiger partial charge on any atom is -0.514 e. The van der Waals surface area contributed by atoms with Crippen LogP contribution in [0.3, 0.4) is 0 Å². The van der Waals surface area contributed by atoms with Gasteiger partial charge in [-0.3, -0.25) is 4.57 Å². The van der Waals surface area contributed by atoms with Crippen LogP contribution in [0.25, 0.3) is 33.2 Å². The van der Waals surface area contributed by atoms with Crippen LogP contribution in [0.2, 0.25) is 0 Å². The van der Waals surface area contributed by atoms with Gasteiger partial charge in [-0.25, -0.2) is 9.78 Å². The summed E-state index contributed by atoms with van der Waals surface area (Å²) in [6, 6.07) is 1.76. The zero-order chi connectivity index (χ0) is 15.7. The minimum absolute atomic E-state index is 0.419. The van der Waals surface area contributed by atoms with E-state index in [-0.39, 0.29) is 0 Å². The zero-order valence-electron chi connectivity index (χ0n) is 11.9. The number of aromatic nitrogens is 3. The maximum Gasteiger partial charge on any atom is 0.353 e. The Morgan fingerprint density at radius 1 is 1.50 bits per heavy atom. The molecule has 0 saturated heterocycles. The molecular weight excluding hydrogens is 298 g/mol. The number of hydrogen-bond donors (Lipinski definition) is 1. The molecule has 0 aliphatic rings. The molecule has 0 saturated carbocycles. The zero-order valence-corrected chi connectivity index (χ0v) is 12.7. The van der Waals surface area contributed by atoms with E-state index in [1.165, 1.54) is 15.9 Å². The average molecular weight is 311 g/mol. The van der Waals surface area contributed by atoms with Crippen LogP contribution in [0.15, 0.2) is 47.9 Å². The van der Waals surface area contributed by atoms with E-state index < -0.39 is 5.69 Å². The van der Waals surface area contributed by atoms with Gasteiger partial charge in [0, 0.05) is 6.20 Å². The van der Waals surface area contributed by atoms with Crippen LogP contribution in [0.5, 0.6) is 0 Å². The van der Waals surface area contributed by atoms with Crippen molar-refractivity contribution < 1.29 is 5.11 Å². The summed E-state index contributed by atoms with van der Waals surface area (Å²) in [5.41, 5.74) is 1.38. The second kappa shape index (κ2) is 5.57. The highest BCUT2D eigenvalue weighted by molar-refractivity contribution is 7.17. The van der Waals surface area contributed by atoms with Crippen LogP contribution < -0.4 is 10.2 Å². The lowest BCUT2D eigenvalue weighted by molar-refractivity contribution is 0.542. The Bertz CT molecular complexity index is 1040. The molecule has 5 nitrogen and oxygen atoms in total. The summed E-state index contributed by atoms with van der Waals surface area (Å²) in [6.07, 6.45) is 9.70. The smallest absolute Gasteiger partial charge is 0.353 e. The number of pyridine rings is 1. The Morgan fingerprint density at radius 3 is 3.00 bits per heavy atom. The number of aliphatic hydroxyl groups excluding tert-OH is 1. The van der Waals surface area contributed by atoms with E-state index in [9.17, 15) is 9.90 Å². The first-order valence-electron chi connectivity index (χ1n) is 6.61. The van der Waals surface area contributed by atoms with Gasteiger partial charge in [-0.15, -0.1) is 11.3 Å². The third-order valence-corrected chi connectivity index (χ3v) is 4.28. The largest absolute Gasteiger partial charge is 0.514 e. The number of thiophene rings is 1. The lowest BCUT2D eigenvalue weighted by atomic mass is 10.2. The molecule has 110 valence electrons. The van der Waals surface area contributed by atoms with Gasteiger partial charge in [-0.05, 0) is 25.1 Å². The monoisotopic (exact) mass is 311 g/mol. The molecule has 0 aromatic carbocycles. The van der Waals surface area contributed by atoms with E-state index in [1.807, 2.05) is 19.1 Å². The molecule has 0 aliphatic heterocycles. The molecule has 0 bridgehead atoms. The van der Waals surface area contributed by atoms with Crippen LogP contribution in [0.1, 0.15) is 6.92 Å². The van der Waals surface area contributed by atoms with Crippen molar-refractivity contribution in [1.29, 1.82) is 0 Å². The van der Waals surface area contributed by atoms with Crippen molar-refractivity contribution in [2.75, 3.05) is 0 Å². The highest BCUT2D eigenvalue weighted by Gasteiger charge is 2.15. The lowest BCUT2D eigenvalue weighted by Gasteiger charge is -2.09. The number of nitrogens with zero attached hydrogens (tertiary/aromatic N) is 3. The molecular formula is C16H13N3O2S. The fourth-order valence-corrected chi connectivity index (χ4v) is 3.24. The second-order valence-electron chi connectivity index (χ2n) is 4.51. The molecule has 3 rings (SSSR count). The number of allylic oxidation sites excluding steroid dienone is 5. The van der Waals surface area contributed by atoms with Gasteiger partial charge in [-0.1, -0.05) is 18.7 Å². The van der Waals surface area contributed by atoms with Crippen molar-refractivity contribution in [1.82, 2.24) is 14.5 Å². The quantitative estimate of drug-likeness (QED) is 0.755. The molecule has 3 aromatic heterocycles. The van der Waals surface area contributed by atoms with Gasteiger partial charge in [0.05, 0.1) is 27.4 Å². The summed E-state index contributed by atoms with van der Waals surface area (Å²) in [4.78, 5) is 21.6. The summed E-state index contributed by atoms with van der Waals surface area (Å²) in [5, 5.41) is 10.1. The Morgan fingerprint density at radius 2 is 2.32 bits per heavy atom. The molecule has 1 N–H and O–H groups in total. The fourth-order valence-electron chi connectivity index (χ4n) is 2.32. The van der Waals surface area contributed by atoms with Crippen LogP contribution >= 0.6 is 11.3 Å². The van der Waals surface area contributed by atoms with Crippen LogP contribution in [-0.4, -0.2) is 19.6 Å². The Kier molecular flexibility index (Phi) is 3.60. The highest BCUT2D eigenvalue weighted by Crippen LogP contribution is 2.25.